The molecule has 1 aromatic rings. The molecular formula is C8H14N2OS. The van der Waals surface area contributed by atoms with Crippen LogP contribution < -0.4 is 5.73 Å². The number of aromatic nitrogens is 1. The predicted octanol–water partition coefficient (Wildman–Crippen LogP) is 1.26. The number of hydrogen-bond donors (Lipinski definition) is 2. The molecule has 0 aliphatic carbocycles. The van der Waals surface area contributed by atoms with Crippen molar-refractivity contribution < 1.29 is 5.11 Å². The highest BCUT2D eigenvalue weighted by atomic mass is 32.1. The topological polar surface area (TPSA) is 59.1 Å². The van der Waals surface area contributed by atoms with Crippen LogP contribution in [-0.4, -0.2) is 16.7 Å². The lowest BCUT2D eigenvalue weighted by molar-refractivity contribution is 0.269. The fraction of sp³-hybridized carbons (Fsp3) is 0.625. The van der Waals surface area contributed by atoms with Crippen LogP contribution >= 0.6 is 11.3 Å². The van der Waals surface area contributed by atoms with Gasteiger partial charge in [0.05, 0.1) is 17.7 Å². The lowest BCUT2D eigenvalue weighted by atomic mass is 10.2. The summed E-state index contributed by atoms with van der Waals surface area (Å²) in [5, 5.41) is 9.87. The van der Waals surface area contributed by atoms with Crippen LogP contribution in [0.25, 0.3) is 0 Å². The van der Waals surface area contributed by atoms with Gasteiger partial charge >= 0.3 is 0 Å². The number of aliphatic hydroxyl groups is 1. The Morgan fingerprint density at radius 1 is 1.67 bits per heavy atom. The Hall–Kier alpha value is -0.450. The van der Waals surface area contributed by atoms with Crippen molar-refractivity contribution in [2.75, 3.05) is 6.61 Å². The summed E-state index contributed by atoms with van der Waals surface area (Å²) in [7, 11) is 0. The van der Waals surface area contributed by atoms with Gasteiger partial charge in [0.25, 0.3) is 0 Å². The molecule has 0 spiro atoms. The quantitative estimate of drug-likeness (QED) is 0.747. The van der Waals surface area contributed by atoms with Crippen molar-refractivity contribution in [1.82, 2.24) is 4.98 Å². The Balaban J connectivity index is 2.77. The van der Waals surface area contributed by atoms with E-state index in [-0.39, 0.29) is 12.6 Å². The second-order valence-electron chi connectivity index (χ2n) is 3.04. The average molecular weight is 186 g/mol. The molecule has 1 rings (SSSR count). The Labute approximate surface area is 76.3 Å². The van der Waals surface area contributed by atoms with Gasteiger partial charge in [-0.05, 0) is 0 Å². The van der Waals surface area contributed by atoms with Gasteiger partial charge in [0.15, 0.2) is 0 Å². The van der Waals surface area contributed by atoms with E-state index < -0.39 is 0 Å². The van der Waals surface area contributed by atoms with Crippen LogP contribution in [0.2, 0.25) is 0 Å². The van der Waals surface area contributed by atoms with Crippen molar-refractivity contribution in [2.45, 2.75) is 25.8 Å². The minimum Gasteiger partial charge on any atom is -0.394 e. The summed E-state index contributed by atoms with van der Waals surface area (Å²) in [5.74, 6) is 0.439. The minimum absolute atomic E-state index is 0.0142. The first kappa shape index (κ1) is 9.64. The zero-order valence-corrected chi connectivity index (χ0v) is 8.14. The van der Waals surface area contributed by atoms with Gasteiger partial charge in [-0.3, -0.25) is 0 Å². The Morgan fingerprint density at radius 2 is 2.33 bits per heavy atom. The van der Waals surface area contributed by atoms with Gasteiger partial charge in [0, 0.05) is 17.0 Å². The second kappa shape index (κ2) is 3.98. The van der Waals surface area contributed by atoms with E-state index in [2.05, 4.69) is 18.8 Å². The van der Waals surface area contributed by atoms with Crippen LogP contribution in [0.1, 0.15) is 35.7 Å². The van der Waals surface area contributed by atoms with Gasteiger partial charge in [-0.15, -0.1) is 11.3 Å². The van der Waals surface area contributed by atoms with Crippen molar-refractivity contribution >= 4 is 11.3 Å². The highest BCUT2D eigenvalue weighted by molar-refractivity contribution is 7.11. The van der Waals surface area contributed by atoms with Crippen LogP contribution in [0.5, 0.6) is 0 Å². The first-order valence-electron chi connectivity index (χ1n) is 3.97. The Morgan fingerprint density at radius 3 is 2.75 bits per heavy atom. The highest BCUT2D eigenvalue weighted by Gasteiger charge is 2.10. The summed E-state index contributed by atoms with van der Waals surface area (Å²) >= 11 is 1.58. The first-order chi connectivity index (χ1) is 5.65. The molecular weight excluding hydrogens is 172 g/mol. The van der Waals surface area contributed by atoms with Crippen LogP contribution in [0, 0.1) is 0 Å². The lowest BCUT2D eigenvalue weighted by Gasteiger charge is -2.02. The number of hydrogen-bond acceptors (Lipinski definition) is 4. The van der Waals surface area contributed by atoms with Gasteiger partial charge in [0.2, 0.25) is 0 Å². The SMILES string of the molecule is CC(C)c1ncc(C(N)CO)s1. The number of nitrogens with two attached hydrogens (primary N) is 1. The molecule has 0 saturated carbocycles. The van der Waals surface area contributed by atoms with E-state index in [1.807, 2.05) is 0 Å². The van der Waals surface area contributed by atoms with E-state index in [0.29, 0.717) is 5.92 Å². The highest BCUT2D eigenvalue weighted by Crippen LogP contribution is 2.24. The Kier molecular flexibility index (Phi) is 3.20. The van der Waals surface area contributed by atoms with Crippen molar-refractivity contribution in [3.8, 4) is 0 Å². The summed E-state index contributed by atoms with van der Waals surface area (Å²) in [4.78, 5) is 5.17. The summed E-state index contributed by atoms with van der Waals surface area (Å²) in [6.07, 6.45) is 1.75. The average Bonchev–Trinajstić information content (AvgIpc) is 2.51. The molecule has 3 N–H and O–H groups in total. The maximum Gasteiger partial charge on any atom is 0.0953 e. The molecule has 3 nitrogen and oxygen atoms in total. The van der Waals surface area contributed by atoms with E-state index in [4.69, 9.17) is 10.8 Å². The van der Waals surface area contributed by atoms with Crippen molar-refractivity contribution in [1.29, 1.82) is 0 Å². The molecule has 68 valence electrons. The van der Waals surface area contributed by atoms with Gasteiger partial charge in [-0.25, -0.2) is 4.98 Å². The molecule has 4 heteroatoms. The molecule has 1 unspecified atom stereocenters. The first-order valence-corrected chi connectivity index (χ1v) is 4.79. The zero-order chi connectivity index (χ0) is 9.14. The number of thiazole rings is 1. The molecule has 0 saturated heterocycles. The van der Waals surface area contributed by atoms with Crippen molar-refractivity contribution in [2.24, 2.45) is 5.73 Å². The van der Waals surface area contributed by atoms with E-state index >= 15 is 0 Å². The molecule has 1 atom stereocenters. The summed E-state index contributed by atoms with van der Waals surface area (Å²) in [5.41, 5.74) is 5.63. The van der Waals surface area contributed by atoms with Crippen LogP contribution in [0.15, 0.2) is 6.20 Å². The Bertz CT molecular complexity index is 247. The molecule has 1 heterocycles. The van der Waals surface area contributed by atoms with Crippen LogP contribution in [-0.2, 0) is 0 Å². The molecule has 1 aromatic heterocycles. The fourth-order valence-corrected chi connectivity index (χ4v) is 1.74. The smallest absolute Gasteiger partial charge is 0.0953 e. The molecule has 0 fully saturated rings. The van der Waals surface area contributed by atoms with E-state index in [1.54, 1.807) is 17.5 Å². The maximum atomic E-state index is 8.79. The van der Waals surface area contributed by atoms with E-state index in [9.17, 15) is 0 Å². The molecule has 0 aliphatic heterocycles. The maximum absolute atomic E-state index is 8.79. The number of nitrogens with zero attached hydrogens (tertiary/aromatic N) is 1. The largest absolute Gasteiger partial charge is 0.394 e. The molecule has 0 bridgehead atoms. The summed E-state index contributed by atoms with van der Waals surface area (Å²) < 4.78 is 0. The zero-order valence-electron chi connectivity index (χ0n) is 7.32. The van der Waals surface area contributed by atoms with Crippen molar-refractivity contribution in [3.05, 3.63) is 16.1 Å². The van der Waals surface area contributed by atoms with Gasteiger partial charge < -0.3 is 10.8 Å². The van der Waals surface area contributed by atoms with Gasteiger partial charge in [-0.1, -0.05) is 13.8 Å². The molecule has 0 aromatic carbocycles. The summed E-state index contributed by atoms with van der Waals surface area (Å²) in [6, 6.07) is -0.269. The van der Waals surface area contributed by atoms with Crippen LogP contribution in [0.4, 0.5) is 0 Å². The monoisotopic (exact) mass is 186 g/mol. The molecule has 0 amide bonds. The number of aliphatic hydroxyl groups excluding tert-OH is 1. The molecule has 0 radical (unpaired) electrons. The number of rotatable bonds is 3. The van der Waals surface area contributed by atoms with E-state index in [0.717, 1.165) is 9.88 Å². The van der Waals surface area contributed by atoms with Crippen molar-refractivity contribution in [3.63, 3.8) is 0 Å². The second-order valence-corrected chi connectivity index (χ2v) is 4.14. The summed E-state index contributed by atoms with van der Waals surface area (Å²) in [6.45, 7) is 4.17. The van der Waals surface area contributed by atoms with E-state index in [1.165, 1.54) is 0 Å². The molecule has 0 aliphatic rings. The predicted molar refractivity (Wildman–Crippen MR) is 50.2 cm³/mol. The fourth-order valence-electron chi connectivity index (χ4n) is 0.829. The normalized spacial score (nSPS) is 13.8. The third kappa shape index (κ3) is 2.03. The molecule has 12 heavy (non-hydrogen) atoms. The van der Waals surface area contributed by atoms with Gasteiger partial charge in [-0.2, -0.15) is 0 Å². The van der Waals surface area contributed by atoms with Crippen LogP contribution in [0.3, 0.4) is 0 Å². The standard InChI is InChI=1S/C8H14N2OS/c1-5(2)8-10-3-7(12-8)6(9)4-11/h3,5-6,11H,4,9H2,1-2H3. The lowest BCUT2D eigenvalue weighted by Crippen LogP contribution is -2.12. The third-order valence-electron chi connectivity index (χ3n) is 1.60. The van der Waals surface area contributed by atoms with Gasteiger partial charge in [0.1, 0.15) is 0 Å². The minimum atomic E-state index is -0.269. The third-order valence-corrected chi connectivity index (χ3v) is 3.03.